The van der Waals surface area contributed by atoms with Gasteiger partial charge in [0.2, 0.25) is 0 Å². The van der Waals surface area contributed by atoms with E-state index in [0.717, 1.165) is 22.4 Å². The van der Waals surface area contributed by atoms with Crippen molar-refractivity contribution in [2.24, 2.45) is 0 Å². The first kappa shape index (κ1) is 14.4. The average molecular weight is 310 g/mol. The molecule has 0 bridgehead atoms. The highest BCUT2D eigenvalue weighted by Crippen LogP contribution is 2.35. The number of rotatable bonds is 3. The normalized spacial score (nSPS) is 24.3. The van der Waals surface area contributed by atoms with Crippen LogP contribution in [0.25, 0.3) is 22.4 Å². The fourth-order valence-electron chi connectivity index (χ4n) is 3.16. The van der Waals surface area contributed by atoms with Crippen LogP contribution in [0.15, 0.2) is 54.6 Å². The minimum absolute atomic E-state index is 0.190. The smallest absolute Gasteiger partial charge is 0.143 e. The Morgan fingerprint density at radius 1 is 1.09 bits per heavy atom. The van der Waals surface area contributed by atoms with Crippen LogP contribution >= 0.6 is 0 Å². The summed E-state index contributed by atoms with van der Waals surface area (Å²) in [5, 5.41) is 19.4. The fourth-order valence-corrected chi connectivity index (χ4v) is 3.16. The van der Waals surface area contributed by atoms with Crippen LogP contribution < -0.4 is 0 Å². The Balaban J connectivity index is 1.87. The third-order valence-electron chi connectivity index (χ3n) is 4.30. The van der Waals surface area contributed by atoms with Crippen LogP contribution in [-0.4, -0.2) is 38.6 Å². The van der Waals surface area contributed by atoms with E-state index in [2.05, 4.69) is 0 Å². The van der Waals surface area contributed by atoms with Crippen LogP contribution in [0.1, 0.15) is 12.6 Å². The van der Waals surface area contributed by atoms with Gasteiger partial charge in [-0.05, 0) is 12.1 Å². The van der Waals surface area contributed by atoms with E-state index >= 15 is 0 Å². The SMILES string of the molecule is OC[C@H]1O[C@H](n2c(-c3ccccc3)nc3ccccc32)C[C@@H]1O. The maximum Gasteiger partial charge on any atom is 0.143 e. The van der Waals surface area contributed by atoms with Crippen LogP contribution in [0.4, 0.5) is 0 Å². The molecular formula is C18H18N2O3. The summed E-state index contributed by atoms with van der Waals surface area (Å²) in [6.45, 7) is -0.190. The predicted octanol–water partition coefficient (Wildman–Crippen LogP) is 2.34. The van der Waals surface area contributed by atoms with Gasteiger partial charge >= 0.3 is 0 Å². The largest absolute Gasteiger partial charge is 0.394 e. The second-order valence-corrected chi connectivity index (χ2v) is 5.77. The minimum atomic E-state index is -0.671. The van der Waals surface area contributed by atoms with Gasteiger partial charge in [-0.25, -0.2) is 4.98 Å². The van der Waals surface area contributed by atoms with E-state index < -0.39 is 12.2 Å². The van der Waals surface area contributed by atoms with Crippen molar-refractivity contribution in [2.75, 3.05) is 6.61 Å². The molecule has 4 rings (SSSR count). The van der Waals surface area contributed by atoms with Gasteiger partial charge in [-0.3, -0.25) is 4.57 Å². The molecule has 1 fully saturated rings. The molecular weight excluding hydrogens is 292 g/mol. The van der Waals surface area contributed by atoms with Crippen molar-refractivity contribution in [3.05, 3.63) is 54.6 Å². The Hall–Kier alpha value is -2.21. The van der Waals surface area contributed by atoms with Gasteiger partial charge in [-0.2, -0.15) is 0 Å². The van der Waals surface area contributed by atoms with Crippen molar-refractivity contribution < 1.29 is 14.9 Å². The number of aliphatic hydroxyl groups is 2. The maximum absolute atomic E-state index is 10.1. The Bertz CT molecular complexity index is 816. The van der Waals surface area contributed by atoms with Crippen LogP contribution in [-0.2, 0) is 4.74 Å². The lowest BCUT2D eigenvalue weighted by molar-refractivity contribution is -0.0425. The Kier molecular flexibility index (Phi) is 3.61. The number of aliphatic hydroxyl groups excluding tert-OH is 2. The fraction of sp³-hybridized carbons (Fsp3) is 0.278. The molecule has 1 aliphatic rings. The zero-order valence-electron chi connectivity index (χ0n) is 12.5. The van der Waals surface area contributed by atoms with E-state index in [1.807, 2.05) is 59.2 Å². The first-order valence-corrected chi connectivity index (χ1v) is 7.74. The highest BCUT2D eigenvalue weighted by Gasteiger charge is 2.36. The lowest BCUT2D eigenvalue weighted by Crippen LogP contribution is -2.24. The molecule has 5 heteroatoms. The average Bonchev–Trinajstić information content (AvgIpc) is 3.15. The number of hydrogen-bond acceptors (Lipinski definition) is 4. The molecule has 2 heterocycles. The summed E-state index contributed by atoms with van der Waals surface area (Å²) < 4.78 is 7.88. The molecule has 0 saturated carbocycles. The number of nitrogens with zero attached hydrogens (tertiary/aromatic N) is 2. The van der Waals surface area contributed by atoms with E-state index in [9.17, 15) is 10.2 Å². The molecule has 3 atom stereocenters. The van der Waals surface area contributed by atoms with E-state index in [1.165, 1.54) is 0 Å². The summed E-state index contributed by atoms with van der Waals surface area (Å²) in [7, 11) is 0. The lowest BCUT2D eigenvalue weighted by atomic mass is 10.1. The Morgan fingerprint density at radius 3 is 2.57 bits per heavy atom. The zero-order valence-corrected chi connectivity index (χ0v) is 12.5. The van der Waals surface area contributed by atoms with Crippen LogP contribution in [0.5, 0.6) is 0 Å². The quantitative estimate of drug-likeness (QED) is 0.779. The molecule has 1 saturated heterocycles. The number of aromatic nitrogens is 2. The van der Waals surface area contributed by atoms with Crippen LogP contribution in [0.3, 0.4) is 0 Å². The zero-order chi connectivity index (χ0) is 15.8. The molecule has 0 radical (unpaired) electrons. The summed E-state index contributed by atoms with van der Waals surface area (Å²) in [4.78, 5) is 4.74. The highest BCUT2D eigenvalue weighted by atomic mass is 16.5. The second kappa shape index (κ2) is 5.77. The third-order valence-corrected chi connectivity index (χ3v) is 4.30. The van der Waals surface area contributed by atoms with Gasteiger partial charge in [-0.1, -0.05) is 42.5 Å². The molecule has 1 aliphatic heterocycles. The number of fused-ring (bicyclic) bond motifs is 1. The van der Waals surface area contributed by atoms with Crippen molar-refractivity contribution >= 4 is 11.0 Å². The monoisotopic (exact) mass is 310 g/mol. The molecule has 2 aromatic carbocycles. The number of ether oxygens (including phenoxy) is 1. The van der Waals surface area contributed by atoms with E-state index in [-0.39, 0.29) is 12.8 Å². The van der Waals surface area contributed by atoms with Crippen LogP contribution in [0.2, 0.25) is 0 Å². The number of para-hydroxylation sites is 2. The van der Waals surface area contributed by atoms with Gasteiger partial charge in [0.15, 0.2) is 0 Å². The van der Waals surface area contributed by atoms with Gasteiger partial charge < -0.3 is 14.9 Å². The van der Waals surface area contributed by atoms with Gasteiger partial charge in [0, 0.05) is 12.0 Å². The van der Waals surface area contributed by atoms with Crippen molar-refractivity contribution in [1.29, 1.82) is 0 Å². The topological polar surface area (TPSA) is 67.5 Å². The highest BCUT2D eigenvalue weighted by molar-refractivity contribution is 5.80. The van der Waals surface area contributed by atoms with Crippen LogP contribution in [0, 0.1) is 0 Å². The van der Waals surface area contributed by atoms with Crippen molar-refractivity contribution in [2.45, 2.75) is 24.9 Å². The summed E-state index contributed by atoms with van der Waals surface area (Å²) in [6.07, 6.45) is -1.13. The van der Waals surface area contributed by atoms with Crippen molar-refractivity contribution in [3.63, 3.8) is 0 Å². The van der Waals surface area contributed by atoms with E-state index in [1.54, 1.807) is 0 Å². The Morgan fingerprint density at radius 2 is 1.83 bits per heavy atom. The molecule has 0 amide bonds. The lowest BCUT2D eigenvalue weighted by Gasteiger charge is -2.17. The molecule has 5 nitrogen and oxygen atoms in total. The van der Waals surface area contributed by atoms with Gasteiger partial charge in [0.1, 0.15) is 18.2 Å². The first-order chi connectivity index (χ1) is 11.3. The molecule has 0 unspecified atom stereocenters. The summed E-state index contributed by atoms with van der Waals surface area (Å²) >= 11 is 0. The number of hydrogen-bond donors (Lipinski definition) is 2. The number of benzene rings is 2. The Labute approximate surface area is 133 Å². The summed E-state index contributed by atoms with van der Waals surface area (Å²) in [5.74, 6) is 0.808. The summed E-state index contributed by atoms with van der Waals surface area (Å²) in [5.41, 5.74) is 2.84. The molecule has 3 aromatic rings. The second-order valence-electron chi connectivity index (χ2n) is 5.77. The number of imidazole rings is 1. The standard InChI is InChI=1S/C18H18N2O3/c21-11-16-15(22)10-17(23-16)20-14-9-5-4-8-13(14)19-18(20)12-6-2-1-3-7-12/h1-9,15-17,21-22H,10-11H2/t15-,16+,17-/m0/s1. The molecule has 0 aliphatic carbocycles. The van der Waals surface area contributed by atoms with Gasteiger partial charge in [0.05, 0.1) is 23.7 Å². The molecule has 23 heavy (non-hydrogen) atoms. The summed E-state index contributed by atoms with van der Waals surface area (Å²) in [6, 6.07) is 17.8. The van der Waals surface area contributed by atoms with Gasteiger partial charge in [-0.15, -0.1) is 0 Å². The molecule has 1 aromatic heterocycles. The van der Waals surface area contributed by atoms with Crippen molar-refractivity contribution in [1.82, 2.24) is 9.55 Å². The molecule has 2 N–H and O–H groups in total. The predicted molar refractivity (Wildman–Crippen MR) is 86.8 cm³/mol. The van der Waals surface area contributed by atoms with Crippen molar-refractivity contribution in [3.8, 4) is 11.4 Å². The minimum Gasteiger partial charge on any atom is -0.394 e. The van der Waals surface area contributed by atoms with E-state index in [0.29, 0.717) is 6.42 Å². The van der Waals surface area contributed by atoms with E-state index in [4.69, 9.17) is 9.72 Å². The van der Waals surface area contributed by atoms with Gasteiger partial charge in [0.25, 0.3) is 0 Å². The third kappa shape index (κ3) is 2.43. The maximum atomic E-state index is 10.1. The molecule has 0 spiro atoms. The first-order valence-electron chi connectivity index (χ1n) is 7.74. The molecule has 118 valence electrons.